The molecule has 0 spiro atoms. The summed E-state index contributed by atoms with van der Waals surface area (Å²) in [5, 5.41) is 19.5. The van der Waals surface area contributed by atoms with Crippen molar-refractivity contribution in [2.75, 3.05) is 10.3 Å². The second-order valence-electron chi connectivity index (χ2n) is 4.27. The van der Waals surface area contributed by atoms with Crippen molar-refractivity contribution < 1.29 is 9.59 Å². The van der Waals surface area contributed by atoms with Gasteiger partial charge in [0.05, 0.1) is 11.4 Å². The zero-order valence-electron chi connectivity index (χ0n) is 11.0. The molecule has 1 saturated heterocycles. The van der Waals surface area contributed by atoms with E-state index in [1.54, 1.807) is 30.3 Å². The highest BCUT2D eigenvalue weighted by Crippen LogP contribution is 2.23. The monoisotopic (exact) mass is 284 g/mol. The van der Waals surface area contributed by atoms with Gasteiger partial charge in [-0.1, -0.05) is 0 Å². The predicted octanol–water partition coefficient (Wildman–Crippen LogP) is 0.567. The molecule has 0 radical (unpaired) electrons. The Hall–Kier alpha value is -3.21. The van der Waals surface area contributed by atoms with E-state index in [0.717, 1.165) is 4.90 Å². The maximum atomic E-state index is 11.6. The molecule has 1 aromatic rings. The van der Waals surface area contributed by atoms with Gasteiger partial charge in [0.15, 0.2) is 5.84 Å². The molecule has 0 saturated carbocycles. The van der Waals surface area contributed by atoms with E-state index in [9.17, 15) is 9.59 Å². The second-order valence-corrected chi connectivity index (χ2v) is 4.27. The van der Waals surface area contributed by atoms with E-state index >= 15 is 0 Å². The first kappa shape index (κ1) is 14.2. The number of benzene rings is 1. The van der Waals surface area contributed by atoms with E-state index in [0.29, 0.717) is 11.4 Å². The lowest BCUT2D eigenvalue weighted by atomic mass is 10.2. The van der Waals surface area contributed by atoms with Crippen molar-refractivity contribution in [3.8, 4) is 6.07 Å². The minimum atomic E-state index is -0.435. The number of nitrogens with zero attached hydrogens (tertiary/aromatic N) is 3. The highest BCUT2D eigenvalue weighted by atomic mass is 16.2. The van der Waals surface area contributed by atoms with Crippen LogP contribution in [0.1, 0.15) is 12.8 Å². The summed E-state index contributed by atoms with van der Waals surface area (Å²) in [6.45, 7) is 0. The van der Waals surface area contributed by atoms with Crippen molar-refractivity contribution in [2.24, 2.45) is 10.8 Å². The molecule has 1 aromatic carbocycles. The highest BCUT2D eigenvalue weighted by molar-refractivity contribution is 6.45. The third kappa shape index (κ3) is 3.03. The number of hydrogen-bond acceptors (Lipinski definition) is 6. The maximum absolute atomic E-state index is 11.6. The van der Waals surface area contributed by atoms with E-state index in [1.165, 1.54) is 0 Å². The average Bonchev–Trinajstić information content (AvgIpc) is 2.79. The number of nitrogens with one attached hydrogen (secondary N) is 2. The molecular weight excluding hydrogens is 272 g/mol. The fourth-order valence-corrected chi connectivity index (χ4v) is 1.82. The van der Waals surface area contributed by atoms with Gasteiger partial charge in [-0.3, -0.25) is 25.3 Å². The predicted molar refractivity (Wildman–Crippen MR) is 76.8 cm³/mol. The van der Waals surface area contributed by atoms with Gasteiger partial charge < -0.3 is 5.73 Å². The Bertz CT molecular complexity index is 655. The van der Waals surface area contributed by atoms with Crippen LogP contribution >= 0.6 is 0 Å². The first-order valence-electron chi connectivity index (χ1n) is 6.07. The van der Waals surface area contributed by atoms with Gasteiger partial charge in [-0.05, 0) is 24.3 Å². The Kier molecular flexibility index (Phi) is 3.95. The van der Waals surface area contributed by atoms with Crippen LogP contribution in [0.4, 0.5) is 11.4 Å². The number of hydrazone groups is 1. The molecule has 2 amide bonds. The van der Waals surface area contributed by atoms with E-state index in [2.05, 4.69) is 10.5 Å². The quantitative estimate of drug-likeness (QED) is 0.321. The third-order valence-electron chi connectivity index (χ3n) is 2.83. The number of nitriles is 1. The van der Waals surface area contributed by atoms with Gasteiger partial charge in [0.1, 0.15) is 6.07 Å². The van der Waals surface area contributed by atoms with Crippen molar-refractivity contribution in [3.05, 3.63) is 24.3 Å². The minimum Gasteiger partial charge on any atom is -0.382 e. The SMILES string of the molecule is N#C/C(=N\Nc1ccc(N2C(=O)CCC2=O)cc1)C(=N)N. The van der Waals surface area contributed by atoms with E-state index in [4.69, 9.17) is 16.4 Å². The molecule has 1 heterocycles. The largest absolute Gasteiger partial charge is 0.382 e. The van der Waals surface area contributed by atoms with Gasteiger partial charge in [-0.15, -0.1) is 0 Å². The average molecular weight is 284 g/mol. The Balaban J connectivity index is 2.13. The van der Waals surface area contributed by atoms with Gasteiger partial charge in [-0.2, -0.15) is 10.4 Å². The lowest BCUT2D eigenvalue weighted by Crippen LogP contribution is -2.28. The summed E-state index contributed by atoms with van der Waals surface area (Å²) in [6.07, 6.45) is 0.459. The number of rotatable bonds is 4. The molecule has 8 heteroatoms. The molecule has 106 valence electrons. The third-order valence-corrected chi connectivity index (χ3v) is 2.83. The number of amides is 2. The highest BCUT2D eigenvalue weighted by Gasteiger charge is 2.29. The van der Waals surface area contributed by atoms with Gasteiger partial charge in [0, 0.05) is 12.8 Å². The maximum Gasteiger partial charge on any atom is 0.234 e. The summed E-state index contributed by atoms with van der Waals surface area (Å²) in [4.78, 5) is 24.3. The normalized spacial score (nSPS) is 15.0. The summed E-state index contributed by atoms with van der Waals surface area (Å²) < 4.78 is 0. The van der Waals surface area contributed by atoms with E-state index in [1.807, 2.05) is 0 Å². The molecule has 1 aliphatic heterocycles. The molecule has 2 rings (SSSR count). The fourth-order valence-electron chi connectivity index (χ4n) is 1.82. The standard InChI is InChI=1S/C13H12N6O2/c14-7-10(13(15)16)18-17-8-1-3-9(4-2-8)19-11(20)5-6-12(19)21/h1-4,17H,5-6H2,(H3,15,16)/b18-10+. The van der Waals surface area contributed by atoms with Crippen molar-refractivity contribution in [2.45, 2.75) is 12.8 Å². The van der Waals surface area contributed by atoms with Gasteiger partial charge in [0.25, 0.3) is 0 Å². The number of nitrogens with two attached hydrogens (primary N) is 1. The summed E-state index contributed by atoms with van der Waals surface area (Å²) in [6, 6.07) is 8.08. The minimum absolute atomic E-state index is 0.220. The molecular formula is C13H12N6O2. The number of anilines is 2. The molecule has 8 nitrogen and oxygen atoms in total. The number of carbonyl (C=O) groups is 2. The second kappa shape index (κ2) is 5.83. The number of hydrogen-bond donors (Lipinski definition) is 3. The van der Waals surface area contributed by atoms with Crippen molar-refractivity contribution in [1.29, 1.82) is 10.7 Å². The molecule has 1 fully saturated rings. The molecule has 0 atom stereocenters. The van der Waals surface area contributed by atoms with Crippen molar-refractivity contribution >= 4 is 34.7 Å². The van der Waals surface area contributed by atoms with E-state index in [-0.39, 0.29) is 30.4 Å². The molecule has 21 heavy (non-hydrogen) atoms. The summed E-state index contributed by atoms with van der Waals surface area (Å²) >= 11 is 0. The zero-order chi connectivity index (χ0) is 15.4. The lowest BCUT2D eigenvalue weighted by molar-refractivity contribution is -0.121. The molecule has 0 aliphatic carbocycles. The molecule has 4 N–H and O–H groups in total. The summed E-state index contributed by atoms with van der Waals surface area (Å²) in [5.41, 5.74) is 8.52. The lowest BCUT2D eigenvalue weighted by Gasteiger charge is -2.14. The molecule has 0 bridgehead atoms. The van der Waals surface area contributed by atoms with Crippen LogP contribution in [-0.2, 0) is 9.59 Å². The summed E-state index contributed by atoms with van der Waals surface area (Å²) in [5.74, 6) is -0.876. The van der Waals surface area contributed by atoms with Crippen LogP contribution in [0.15, 0.2) is 29.4 Å². The number of carbonyl (C=O) groups excluding carboxylic acids is 2. The van der Waals surface area contributed by atoms with Crippen LogP contribution in [-0.4, -0.2) is 23.4 Å². The fraction of sp³-hybridized carbons (Fsp3) is 0.154. The van der Waals surface area contributed by atoms with Crippen LogP contribution < -0.4 is 16.1 Å². The molecule has 1 aliphatic rings. The first-order valence-corrected chi connectivity index (χ1v) is 6.07. The number of imide groups is 1. The van der Waals surface area contributed by atoms with Crippen LogP contribution in [0.5, 0.6) is 0 Å². The molecule has 0 unspecified atom stereocenters. The Morgan fingerprint density at radius 3 is 2.33 bits per heavy atom. The van der Waals surface area contributed by atoms with Crippen molar-refractivity contribution in [1.82, 2.24) is 0 Å². The van der Waals surface area contributed by atoms with Gasteiger partial charge >= 0.3 is 0 Å². The first-order chi connectivity index (χ1) is 10.0. The van der Waals surface area contributed by atoms with Gasteiger partial charge in [-0.25, -0.2) is 0 Å². The van der Waals surface area contributed by atoms with Gasteiger partial charge in [0.2, 0.25) is 17.5 Å². The van der Waals surface area contributed by atoms with Crippen molar-refractivity contribution in [3.63, 3.8) is 0 Å². The zero-order valence-corrected chi connectivity index (χ0v) is 11.0. The van der Waals surface area contributed by atoms with Crippen LogP contribution in [0.25, 0.3) is 0 Å². The topological polar surface area (TPSA) is 135 Å². The Morgan fingerprint density at radius 1 is 1.29 bits per heavy atom. The smallest absolute Gasteiger partial charge is 0.234 e. The van der Waals surface area contributed by atoms with E-state index < -0.39 is 5.84 Å². The Labute approximate surface area is 120 Å². The van der Waals surface area contributed by atoms with Crippen LogP contribution in [0.2, 0.25) is 0 Å². The number of amidine groups is 1. The molecule has 0 aromatic heterocycles. The summed E-state index contributed by atoms with van der Waals surface area (Å²) in [7, 11) is 0. The van der Waals surface area contributed by atoms with Crippen LogP contribution in [0.3, 0.4) is 0 Å². The Morgan fingerprint density at radius 2 is 1.86 bits per heavy atom. The van der Waals surface area contributed by atoms with Crippen LogP contribution in [0, 0.1) is 16.7 Å².